The summed E-state index contributed by atoms with van der Waals surface area (Å²) in [6, 6.07) is 17.5. The summed E-state index contributed by atoms with van der Waals surface area (Å²) in [5, 5.41) is 0. The Hall–Kier alpha value is -2.29. The van der Waals surface area contributed by atoms with E-state index < -0.39 is 0 Å². The van der Waals surface area contributed by atoms with E-state index in [4.69, 9.17) is 9.47 Å². The van der Waals surface area contributed by atoms with E-state index in [1.807, 2.05) is 54.6 Å². The number of esters is 1. The molecule has 3 heteroatoms. The molecule has 0 unspecified atom stereocenters. The topological polar surface area (TPSA) is 35.5 Å². The average molecular weight is 256 g/mol. The molecule has 0 spiro atoms. The number of hydrogen-bond donors (Lipinski definition) is 0. The summed E-state index contributed by atoms with van der Waals surface area (Å²) < 4.78 is 10.8. The van der Waals surface area contributed by atoms with Gasteiger partial charge in [-0.25, -0.2) is 0 Å². The molecule has 0 amide bonds. The van der Waals surface area contributed by atoms with Crippen LogP contribution in [0.15, 0.2) is 54.6 Å². The molecular weight excluding hydrogens is 240 g/mol. The minimum atomic E-state index is -0.294. The Morgan fingerprint density at radius 2 is 1.63 bits per heavy atom. The van der Waals surface area contributed by atoms with Crippen molar-refractivity contribution in [3.8, 4) is 5.75 Å². The second kappa shape index (κ2) is 6.59. The lowest BCUT2D eigenvalue weighted by molar-refractivity contribution is -0.142. The van der Waals surface area contributed by atoms with Gasteiger partial charge in [0.1, 0.15) is 19.0 Å². The van der Waals surface area contributed by atoms with Crippen molar-refractivity contribution >= 4 is 5.97 Å². The number of benzene rings is 2. The van der Waals surface area contributed by atoms with Crippen molar-refractivity contribution in [2.75, 3.05) is 0 Å². The third-order valence-corrected chi connectivity index (χ3v) is 2.64. The first kappa shape index (κ1) is 13.1. The van der Waals surface area contributed by atoms with Crippen LogP contribution in [-0.2, 0) is 22.7 Å². The average Bonchev–Trinajstić information content (AvgIpc) is 2.45. The molecule has 0 N–H and O–H groups in total. The van der Waals surface area contributed by atoms with Crippen LogP contribution in [0.4, 0.5) is 0 Å². The third kappa shape index (κ3) is 4.14. The van der Waals surface area contributed by atoms with Crippen LogP contribution in [0.2, 0.25) is 0 Å². The third-order valence-electron chi connectivity index (χ3n) is 2.64. The summed E-state index contributed by atoms with van der Waals surface area (Å²) in [5.74, 6) is 0.450. The highest BCUT2D eigenvalue weighted by molar-refractivity contribution is 5.66. The zero-order chi connectivity index (χ0) is 13.5. The van der Waals surface area contributed by atoms with E-state index in [2.05, 4.69) is 0 Å². The monoisotopic (exact) mass is 256 g/mol. The quantitative estimate of drug-likeness (QED) is 0.770. The molecule has 0 atom stereocenters. The fourth-order valence-electron chi connectivity index (χ4n) is 1.68. The van der Waals surface area contributed by atoms with Gasteiger partial charge in [-0.2, -0.15) is 0 Å². The van der Waals surface area contributed by atoms with Crippen LogP contribution in [0.3, 0.4) is 0 Å². The minimum absolute atomic E-state index is 0.236. The molecule has 2 rings (SSSR count). The number of para-hydroxylation sites is 1. The Kier molecular flexibility index (Phi) is 4.56. The molecule has 0 aliphatic heterocycles. The summed E-state index contributed by atoms with van der Waals surface area (Å²) >= 11 is 0. The fraction of sp³-hybridized carbons (Fsp3) is 0.188. The molecular formula is C16H16O3. The second-order valence-corrected chi connectivity index (χ2v) is 4.16. The van der Waals surface area contributed by atoms with Gasteiger partial charge in [0.2, 0.25) is 0 Å². The largest absolute Gasteiger partial charge is 0.488 e. The highest BCUT2D eigenvalue weighted by atomic mass is 16.5. The fourth-order valence-corrected chi connectivity index (χ4v) is 1.68. The molecule has 19 heavy (non-hydrogen) atoms. The van der Waals surface area contributed by atoms with Gasteiger partial charge in [0.25, 0.3) is 0 Å². The van der Waals surface area contributed by atoms with Gasteiger partial charge in [0, 0.05) is 12.5 Å². The predicted octanol–water partition coefficient (Wildman–Crippen LogP) is 3.33. The molecule has 98 valence electrons. The highest BCUT2D eigenvalue weighted by Crippen LogP contribution is 2.20. The Balaban J connectivity index is 2.01. The molecule has 0 saturated heterocycles. The molecule has 0 fully saturated rings. The number of rotatable bonds is 5. The second-order valence-electron chi connectivity index (χ2n) is 4.16. The molecule has 0 bridgehead atoms. The molecule has 2 aromatic carbocycles. The molecule has 0 aliphatic rings. The Morgan fingerprint density at radius 3 is 2.37 bits per heavy atom. The van der Waals surface area contributed by atoms with Crippen molar-refractivity contribution in [2.24, 2.45) is 0 Å². The summed E-state index contributed by atoms with van der Waals surface area (Å²) in [4.78, 5) is 10.8. The van der Waals surface area contributed by atoms with Gasteiger partial charge in [-0.1, -0.05) is 48.5 Å². The van der Waals surface area contributed by atoms with Crippen LogP contribution in [-0.4, -0.2) is 5.97 Å². The zero-order valence-electron chi connectivity index (χ0n) is 10.8. The Bertz CT molecular complexity index is 535. The molecule has 0 heterocycles. The number of carbonyl (C=O) groups excluding carboxylic acids is 1. The summed E-state index contributed by atoms with van der Waals surface area (Å²) in [6.07, 6.45) is 0. The van der Waals surface area contributed by atoms with Gasteiger partial charge >= 0.3 is 5.97 Å². The summed E-state index contributed by atoms with van der Waals surface area (Å²) in [5.41, 5.74) is 1.97. The van der Waals surface area contributed by atoms with Crippen molar-refractivity contribution in [1.29, 1.82) is 0 Å². The standard InChI is InChI=1S/C16H16O3/c1-13(17)18-12-15-9-5-6-10-16(15)19-11-14-7-3-2-4-8-14/h2-10H,11-12H2,1H3. The van der Waals surface area contributed by atoms with Crippen LogP contribution in [0, 0.1) is 0 Å². The van der Waals surface area contributed by atoms with E-state index in [1.54, 1.807) is 0 Å². The van der Waals surface area contributed by atoms with E-state index in [1.165, 1.54) is 6.92 Å². The zero-order valence-corrected chi connectivity index (χ0v) is 10.8. The SMILES string of the molecule is CC(=O)OCc1ccccc1OCc1ccccc1. The molecule has 3 nitrogen and oxygen atoms in total. The van der Waals surface area contributed by atoms with Gasteiger partial charge in [-0.3, -0.25) is 4.79 Å². The van der Waals surface area contributed by atoms with Crippen LogP contribution >= 0.6 is 0 Å². The van der Waals surface area contributed by atoms with Gasteiger partial charge < -0.3 is 9.47 Å². The molecule has 0 aliphatic carbocycles. The highest BCUT2D eigenvalue weighted by Gasteiger charge is 2.05. The van der Waals surface area contributed by atoms with E-state index in [-0.39, 0.29) is 12.6 Å². The van der Waals surface area contributed by atoms with Crippen LogP contribution < -0.4 is 4.74 Å². The van der Waals surface area contributed by atoms with E-state index in [9.17, 15) is 4.79 Å². The Morgan fingerprint density at radius 1 is 0.947 bits per heavy atom. The number of hydrogen-bond acceptors (Lipinski definition) is 3. The van der Waals surface area contributed by atoms with Gasteiger partial charge in [-0.05, 0) is 11.6 Å². The normalized spacial score (nSPS) is 9.95. The number of ether oxygens (including phenoxy) is 2. The van der Waals surface area contributed by atoms with E-state index in [0.717, 1.165) is 16.9 Å². The first-order valence-corrected chi connectivity index (χ1v) is 6.13. The van der Waals surface area contributed by atoms with Crippen molar-refractivity contribution < 1.29 is 14.3 Å². The lowest BCUT2D eigenvalue weighted by atomic mass is 10.2. The minimum Gasteiger partial charge on any atom is -0.488 e. The smallest absolute Gasteiger partial charge is 0.302 e. The van der Waals surface area contributed by atoms with E-state index >= 15 is 0 Å². The maximum absolute atomic E-state index is 10.8. The maximum atomic E-state index is 10.8. The van der Waals surface area contributed by atoms with Gasteiger partial charge in [-0.15, -0.1) is 0 Å². The van der Waals surface area contributed by atoms with Crippen molar-refractivity contribution in [2.45, 2.75) is 20.1 Å². The van der Waals surface area contributed by atoms with Gasteiger partial charge in [0.15, 0.2) is 0 Å². The van der Waals surface area contributed by atoms with Crippen LogP contribution in [0.5, 0.6) is 5.75 Å². The molecule has 0 radical (unpaired) electrons. The first-order valence-electron chi connectivity index (χ1n) is 6.13. The predicted molar refractivity (Wildman–Crippen MR) is 72.7 cm³/mol. The molecule has 0 saturated carbocycles. The van der Waals surface area contributed by atoms with Crippen LogP contribution in [0.25, 0.3) is 0 Å². The van der Waals surface area contributed by atoms with Crippen LogP contribution in [0.1, 0.15) is 18.1 Å². The first-order chi connectivity index (χ1) is 9.25. The Labute approximate surface area is 112 Å². The van der Waals surface area contributed by atoms with Gasteiger partial charge in [0.05, 0.1) is 0 Å². The van der Waals surface area contributed by atoms with Crippen molar-refractivity contribution in [3.63, 3.8) is 0 Å². The van der Waals surface area contributed by atoms with Crippen molar-refractivity contribution in [3.05, 3.63) is 65.7 Å². The molecule has 0 aromatic heterocycles. The summed E-state index contributed by atoms with van der Waals surface area (Å²) in [7, 11) is 0. The number of carbonyl (C=O) groups is 1. The lowest BCUT2D eigenvalue weighted by Gasteiger charge is -2.11. The maximum Gasteiger partial charge on any atom is 0.302 e. The lowest BCUT2D eigenvalue weighted by Crippen LogP contribution is -2.02. The molecule has 2 aromatic rings. The summed E-state index contributed by atoms with van der Waals surface area (Å²) in [6.45, 7) is 2.13. The van der Waals surface area contributed by atoms with Crippen molar-refractivity contribution in [1.82, 2.24) is 0 Å². The van der Waals surface area contributed by atoms with E-state index in [0.29, 0.717) is 6.61 Å².